The standard InChI is InChI=1S/C16H15BrFNO/c1-10-7-12(8-11(2)15(10)18)9-19-16(20)13-3-5-14(17)6-4-13/h3-8H,9H2,1-2H3,(H,19,20). The molecule has 20 heavy (non-hydrogen) atoms. The summed E-state index contributed by atoms with van der Waals surface area (Å²) >= 11 is 3.33. The molecular weight excluding hydrogens is 321 g/mol. The van der Waals surface area contributed by atoms with Crippen molar-refractivity contribution in [3.8, 4) is 0 Å². The molecule has 0 spiro atoms. The molecule has 0 fully saturated rings. The number of hydrogen-bond acceptors (Lipinski definition) is 1. The summed E-state index contributed by atoms with van der Waals surface area (Å²) in [5.74, 6) is -0.329. The summed E-state index contributed by atoms with van der Waals surface area (Å²) in [5, 5.41) is 2.83. The average Bonchev–Trinajstić information content (AvgIpc) is 2.42. The molecule has 0 radical (unpaired) electrons. The molecule has 2 aromatic carbocycles. The third-order valence-corrected chi connectivity index (χ3v) is 3.58. The summed E-state index contributed by atoms with van der Waals surface area (Å²) < 4.78 is 14.5. The molecule has 4 heteroatoms. The molecule has 1 N–H and O–H groups in total. The monoisotopic (exact) mass is 335 g/mol. The molecule has 1 amide bonds. The van der Waals surface area contributed by atoms with Crippen LogP contribution in [0.3, 0.4) is 0 Å². The molecule has 0 heterocycles. The molecule has 2 nitrogen and oxygen atoms in total. The van der Waals surface area contributed by atoms with Crippen LogP contribution in [0.5, 0.6) is 0 Å². The third-order valence-electron chi connectivity index (χ3n) is 3.06. The van der Waals surface area contributed by atoms with E-state index in [2.05, 4.69) is 21.2 Å². The molecular formula is C16H15BrFNO. The lowest BCUT2D eigenvalue weighted by atomic mass is 10.1. The van der Waals surface area contributed by atoms with Crippen LogP contribution in [0.15, 0.2) is 40.9 Å². The fourth-order valence-corrected chi connectivity index (χ4v) is 2.29. The maximum Gasteiger partial charge on any atom is 0.251 e. The SMILES string of the molecule is Cc1cc(CNC(=O)c2ccc(Br)cc2)cc(C)c1F. The Morgan fingerprint density at radius 3 is 2.25 bits per heavy atom. The van der Waals surface area contributed by atoms with Gasteiger partial charge in [-0.25, -0.2) is 4.39 Å². The van der Waals surface area contributed by atoms with Gasteiger partial charge in [0.05, 0.1) is 0 Å². The van der Waals surface area contributed by atoms with E-state index in [0.29, 0.717) is 23.2 Å². The highest BCUT2D eigenvalue weighted by atomic mass is 79.9. The van der Waals surface area contributed by atoms with Gasteiger partial charge in [0.25, 0.3) is 5.91 Å². The van der Waals surface area contributed by atoms with Gasteiger partial charge in [0.1, 0.15) is 5.82 Å². The summed E-state index contributed by atoms with van der Waals surface area (Å²) in [7, 11) is 0. The maximum absolute atomic E-state index is 13.5. The van der Waals surface area contributed by atoms with Crippen LogP contribution in [-0.4, -0.2) is 5.91 Å². The van der Waals surface area contributed by atoms with E-state index in [1.165, 1.54) is 0 Å². The van der Waals surface area contributed by atoms with E-state index in [1.54, 1.807) is 38.1 Å². The molecule has 0 aliphatic heterocycles. The van der Waals surface area contributed by atoms with Gasteiger partial charge >= 0.3 is 0 Å². The minimum Gasteiger partial charge on any atom is -0.348 e. The van der Waals surface area contributed by atoms with Gasteiger partial charge in [-0.2, -0.15) is 0 Å². The van der Waals surface area contributed by atoms with E-state index in [-0.39, 0.29) is 11.7 Å². The zero-order valence-corrected chi connectivity index (χ0v) is 12.9. The number of benzene rings is 2. The molecule has 0 bridgehead atoms. The number of aryl methyl sites for hydroxylation is 2. The Bertz CT molecular complexity index is 614. The van der Waals surface area contributed by atoms with Crippen molar-refractivity contribution >= 4 is 21.8 Å². The molecule has 0 aliphatic rings. The molecule has 2 aromatic rings. The molecule has 2 rings (SSSR count). The van der Waals surface area contributed by atoms with Crippen molar-refractivity contribution in [3.05, 3.63) is 68.9 Å². The normalized spacial score (nSPS) is 10.4. The number of halogens is 2. The van der Waals surface area contributed by atoms with Gasteiger partial charge < -0.3 is 5.32 Å². The Morgan fingerprint density at radius 2 is 1.70 bits per heavy atom. The zero-order chi connectivity index (χ0) is 14.7. The fourth-order valence-electron chi connectivity index (χ4n) is 2.02. The Hall–Kier alpha value is -1.68. The Balaban J connectivity index is 2.05. The van der Waals surface area contributed by atoms with E-state index >= 15 is 0 Å². The summed E-state index contributed by atoms with van der Waals surface area (Å²) in [6.45, 7) is 3.83. The van der Waals surface area contributed by atoms with Crippen LogP contribution >= 0.6 is 15.9 Å². The summed E-state index contributed by atoms with van der Waals surface area (Å²) in [6.07, 6.45) is 0. The molecule has 0 unspecified atom stereocenters. The van der Waals surface area contributed by atoms with E-state index in [1.807, 2.05) is 12.1 Å². The minimum absolute atomic E-state index is 0.142. The number of nitrogens with one attached hydrogen (secondary N) is 1. The summed E-state index contributed by atoms with van der Waals surface area (Å²) in [4.78, 5) is 12.0. The first-order chi connectivity index (χ1) is 9.47. The Morgan fingerprint density at radius 1 is 1.15 bits per heavy atom. The van der Waals surface area contributed by atoms with E-state index in [0.717, 1.165) is 10.0 Å². The first kappa shape index (κ1) is 14.7. The van der Waals surface area contributed by atoms with E-state index < -0.39 is 0 Å². The first-order valence-electron chi connectivity index (χ1n) is 6.27. The Labute approximate surface area is 126 Å². The van der Waals surface area contributed by atoms with Crippen molar-refractivity contribution in [3.63, 3.8) is 0 Å². The summed E-state index contributed by atoms with van der Waals surface area (Å²) in [5.41, 5.74) is 2.69. The van der Waals surface area contributed by atoms with Crippen LogP contribution in [0.2, 0.25) is 0 Å². The van der Waals surface area contributed by atoms with Crippen molar-refractivity contribution in [2.45, 2.75) is 20.4 Å². The van der Waals surface area contributed by atoms with Crippen molar-refractivity contribution in [2.24, 2.45) is 0 Å². The van der Waals surface area contributed by atoms with Crippen LogP contribution in [-0.2, 0) is 6.54 Å². The highest BCUT2D eigenvalue weighted by Crippen LogP contribution is 2.15. The van der Waals surface area contributed by atoms with Crippen molar-refractivity contribution in [1.82, 2.24) is 5.32 Å². The number of carbonyl (C=O) groups is 1. The predicted molar refractivity (Wildman–Crippen MR) is 81.2 cm³/mol. The van der Waals surface area contributed by atoms with E-state index in [9.17, 15) is 9.18 Å². The largest absolute Gasteiger partial charge is 0.348 e. The quantitative estimate of drug-likeness (QED) is 0.897. The predicted octanol–water partition coefficient (Wildman–Crippen LogP) is 4.14. The number of hydrogen-bond donors (Lipinski definition) is 1. The van der Waals surface area contributed by atoms with Gasteiger partial charge in [-0.1, -0.05) is 28.1 Å². The molecule has 0 aliphatic carbocycles. The lowest BCUT2D eigenvalue weighted by Gasteiger charge is -2.09. The average molecular weight is 336 g/mol. The van der Waals surface area contributed by atoms with Gasteiger partial charge in [-0.15, -0.1) is 0 Å². The topological polar surface area (TPSA) is 29.1 Å². The van der Waals surface area contributed by atoms with Crippen LogP contribution in [0, 0.1) is 19.7 Å². The molecule has 104 valence electrons. The minimum atomic E-state index is -0.187. The van der Waals surface area contributed by atoms with Crippen LogP contribution < -0.4 is 5.32 Å². The van der Waals surface area contributed by atoms with Gasteiger partial charge in [0.15, 0.2) is 0 Å². The van der Waals surface area contributed by atoms with Crippen molar-refractivity contribution in [2.75, 3.05) is 0 Å². The third kappa shape index (κ3) is 3.45. The second-order valence-corrected chi connectivity index (χ2v) is 5.65. The van der Waals surface area contributed by atoms with Crippen LogP contribution in [0.25, 0.3) is 0 Å². The number of amides is 1. The van der Waals surface area contributed by atoms with Crippen molar-refractivity contribution < 1.29 is 9.18 Å². The summed E-state index contributed by atoms with van der Waals surface area (Å²) in [6, 6.07) is 10.7. The van der Waals surface area contributed by atoms with E-state index in [4.69, 9.17) is 0 Å². The highest BCUT2D eigenvalue weighted by molar-refractivity contribution is 9.10. The highest BCUT2D eigenvalue weighted by Gasteiger charge is 2.07. The second kappa shape index (κ2) is 6.18. The lowest BCUT2D eigenvalue weighted by Crippen LogP contribution is -2.22. The van der Waals surface area contributed by atoms with Gasteiger partial charge in [-0.05, 0) is 54.8 Å². The van der Waals surface area contributed by atoms with Gasteiger partial charge in [0, 0.05) is 16.6 Å². The van der Waals surface area contributed by atoms with Crippen LogP contribution in [0.4, 0.5) is 4.39 Å². The van der Waals surface area contributed by atoms with Gasteiger partial charge in [-0.3, -0.25) is 4.79 Å². The molecule has 0 saturated carbocycles. The lowest BCUT2D eigenvalue weighted by molar-refractivity contribution is 0.0951. The fraction of sp³-hybridized carbons (Fsp3) is 0.188. The smallest absolute Gasteiger partial charge is 0.251 e. The Kier molecular flexibility index (Phi) is 4.55. The van der Waals surface area contributed by atoms with Crippen LogP contribution in [0.1, 0.15) is 27.0 Å². The maximum atomic E-state index is 13.5. The molecule has 0 aromatic heterocycles. The second-order valence-electron chi connectivity index (χ2n) is 4.73. The molecule has 0 saturated heterocycles. The van der Waals surface area contributed by atoms with Crippen molar-refractivity contribution in [1.29, 1.82) is 0 Å². The van der Waals surface area contributed by atoms with Gasteiger partial charge in [0.2, 0.25) is 0 Å². The number of carbonyl (C=O) groups excluding carboxylic acids is 1. The molecule has 0 atom stereocenters. The zero-order valence-electron chi connectivity index (χ0n) is 11.3. The first-order valence-corrected chi connectivity index (χ1v) is 7.06. The number of rotatable bonds is 3.